The molecule has 0 saturated heterocycles. The van der Waals surface area contributed by atoms with Gasteiger partial charge in [0.15, 0.2) is 0 Å². The Bertz CT molecular complexity index is 371. The van der Waals surface area contributed by atoms with Crippen LogP contribution in [0.1, 0.15) is 78.1 Å². The molecule has 0 amide bonds. The Balaban J connectivity index is 0. The molecule has 1 aromatic rings. The van der Waals surface area contributed by atoms with Crippen LogP contribution in [-0.2, 0) is 16.1 Å². The summed E-state index contributed by atoms with van der Waals surface area (Å²) in [5.41, 5.74) is 1.05. The molecule has 0 atom stereocenters. The maximum Gasteiger partial charge on any atom is 1.00 e. The summed E-state index contributed by atoms with van der Waals surface area (Å²) in [6, 6.07) is 9.85. The van der Waals surface area contributed by atoms with Gasteiger partial charge in [0.2, 0.25) is 0 Å². The smallest absolute Gasteiger partial charge is 1.00 e. The quantitative estimate of drug-likeness (QED) is 0.337. The van der Waals surface area contributed by atoms with E-state index in [2.05, 4.69) is 6.92 Å². The monoisotopic (exact) mass is 314 g/mol. The molecule has 2 nitrogen and oxygen atoms in total. The maximum atomic E-state index is 11.6. The minimum Gasteiger partial charge on any atom is -1.00 e. The van der Waals surface area contributed by atoms with E-state index in [1.54, 1.807) is 0 Å². The molecule has 0 saturated carbocycles. The van der Waals surface area contributed by atoms with Crippen LogP contribution in [0, 0.1) is 0 Å². The van der Waals surface area contributed by atoms with Crippen LogP contribution in [0.2, 0.25) is 0 Å². The van der Waals surface area contributed by atoms with Crippen molar-refractivity contribution in [1.29, 1.82) is 0 Å². The minimum atomic E-state index is -0.0678. The molecule has 120 valence electrons. The van der Waals surface area contributed by atoms with E-state index in [4.69, 9.17) is 4.74 Å². The van der Waals surface area contributed by atoms with Crippen molar-refractivity contribution in [3.8, 4) is 0 Å². The molecule has 0 spiro atoms. The van der Waals surface area contributed by atoms with Crippen LogP contribution in [0.15, 0.2) is 30.3 Å². The molecular weight excluding hydrogens is 283 g/mol. The van der Waals surface area contributed by atoms with Crippen molar-refractivity contribution < 1.29 is 40.5 Å². The Labute approximate surface area is 159 Å². The third-order valence-electron chi connectivity index (χ3n) is 3.73. The van der Waals surface area contributed by atoms with E-state index < -0.39 is 0 Å². The van der Waals surface area contributed by atoms with Gasteiger partial charge in [-0.15, -0.1) is 0 Å². The Kier molecular flexibility index (Phi) is 15.4. The molecular formula is C19H31NaO2. The Morgan fingerprint density at radius 3 is 2.05 bits per heavy atom. The summed E-state index contributed by atoms with van der Waals surface area (Å²) >= 11 is 0. The van der Waals surface area contributed by atoms with Gasteiger partial charge >= 0.3 is 35.5 Å². The van der Waals surface area contributed by atoms with E-state index in [0.29, 0.717) is 13.0 Å². The number of hydrogen-bond acceptors (Lipinski definition) is 2. The average molecular weight is 314 g/mol. The zero-order valence-electron chi connectivity index (χ0n) is 15.5. The van der Waals surface area contributed by atoms with Crippen LogP contribution in [-0.4, -0.2) is 5.97 Å². The van der Waals surface area contributed by atoms with Crippen molar-refractivity contribution in [1.82, 2.24) is 0 Å². The van der Waals surface area contributed by atoms with E-state index in [-0.39, 0.29) is 37.0 Å². The molecule has 1 aromatic carbocycles. The molecule has 0 aliphatic rings. The molecule has 0 radical (unpaired) electrons. The molecule has 0 aliphatic heterocycles. The van der Waals surface area contributed by atoms with E-state index in [0.717, 1.165) is 18.4 Å². The molecule has 3 heteroatoms. The normalized spacial score (nSPS) is 10.0. The second-order valence-corrected chi connectivity index (χ2v) is 5.72. The molecule has 0 N–H and O–H groups in total. The summed E-state index contributed by atoms with van der Waals surface area (Å²) in [7, 11) is 0. The molecule has 1 rings (SSSR count). The summed E-state index contributed by atoms with van der Waals surface area (Å²) < 4.78 is 5.26. The molecule has 22 heavy (non-hydrogen) atoms. The third kappa shape index (κ3) is 12.3. The number of ether oxygens (including phenoxy) is 1. The molecule has 0 fully saturated rings. The first kappa shape index (κ1) is 21.7. The van der Waals surface area contributed by atoms with E-state index in [9.17, 15) is 4.79 Å². The number of carbonyl (C=O) groups is 1. The van der Waals surface area contributed by atoms with E-state index in [1.807, 2.05) is 30.3 Å². The summed E-state index contributed by atoms with van der Waals surface area (Å²) in [6.07, 6.45) is 12.0. The van der Waals surface area contributed by atoms with Crippen molar-refractivity contribution in [2.75, 3.05) is 0 Å². The van der Waals surface area contributed by atoms with Crippen LogP contribution in [0.4, 0.5) is 0 Å². The largest absolute Gasteiger partial charge is 1.00 e. The molecule has 0 bridgehead atoms. The van der Waals surface area contributed by atoms with E-state index in [1.165, 1.54) is 44.9 Å². The molecule has 0 unspecified atom stereocenters. The number of carbonyl (C=O) groups excluding carboxylic acids is 1. The topological polar surface area (TPSA) is 26.3 Å². The fourth-order valence-corrected chi connectivity index (χ4v) is 2.39. The van der Waals surface area contributed by atoms with Gasteiger partial charge in [-0.2, -0.15) is 0 Å². The summed E-state index contributed by atoms with van der Waals surface area (Å²) in [6.45, 7) is 2.65. The van der Waals surface area contributed by atoms with Crippen LogP contribution in [0.25, 0.3) is 0 Å². The Hall–Kier alpha value is -0.310. The standard InChI is InChI=1S/C19H30O2.Na.H/c1-2-3-4-5-6-7-8-9-13-16-19(20)21-17-18-14-11-10-12-15-18;;/h10-12,14-15H,2-9,13,16-17H2,1H3;;/q;+1;-1. The first-order valence-corrected chi connectivity index (χ1v) is 8.52. The van der Waals surface area contributed by atoms with Crippen LogP contribution in [0.5, 0.6) is 0 Å². The van der Waals surface area contributed by atoms with Crippen LogP contribution >= 0.6 is 0 Å². The first-order chi connectivity index (χ1) is 10.3. The molecule has 0 heterocycles. The van der Waals surface area contributed by atoms with Gasteiger partial charge in [0.05, 0.1) is 0 Å². The van der Waals surface area contributed by atoms with Gasteiger partial charge < -0.3 is 6.16 Å². The zero-order chi connectivity index (χ0) is 15.2. The van der Waals surface area contributed by atoms with Crippen LogP contribution < -0.4 is 29.6 Å². The SMILES string of the molecule is CCCCCCCCCCCC(=O)OCc1ccccc1.[H-].[Na+]. The van der Waals surface area contributed by atoms with Crippen LogP contribution in [0.3, 0.4) is 0 Å². The van der Waals surface area contributed by atoms with Crippen molar-refractivity contribution >= 4 is 5.97 Å². The van der Waals surface area contributed by atoms with E-state index >= 15 is 0 Å². The minimum absolute atomic E-state index is 0. The third-order valence-corrected chi connectivity index (χ3v) is 3.73. The number of unbranched alkanes of at least 4 members (excludes halogenated alkanes) is 8. The number of rotatable bonds is 12. The van der Waals surface area contributed by atoms with Gasteiger partial charge in [0.1, 0.15) is 6.61 Å². The second-order valence-electron chi connectivity index (χ2n) is 5.72. The van der Waals surface area contributed by atoms with Gasteiger partial charge in [-0.05, 0) is 12.0 Å². The number of hydrogen-bond donors (Lipinski definition) is 0. The summed E-state index contributed by atoms with van der Waals surface area (Å²) in [4.78, 5) is 11.6. The number of benzene rings is 1. The van der Waals surface area contributed by atoms with Gasteiger partial charge in [0.25, 0.3) is 0 Å². The Morgan fingerprint density at radius 2 is 1.45 bits per heavy atom. The van der Waals surface area contributed by atoms with Crippen molar-refractivity contribution in [2.45, 2.75) is 77.7 Å². The molecule has 0 aliphatic carbocycles. The Morgan fingerprint density at radius 1 is 0.909 bits per heavy atom. The fourth-order valence-electron chi connectivity index (χ4n) is 2.39. The fraction of sp³-hybridized carbons (Fsp3) is 0.632. The summed E-state index contributed by atoms with van der Waals surface area (Å²) in [5.74, 6) is -0.0678. The predicted molar refractivity (Wildman–Crippen MR) is 89.2 cm³/mol. The molecule has 0 aromatic heterocycles. The summed E-state index contributed by atoms with van der Waals surface area (Å²) in [5, 5.41) is 0. The van der Waals surface area contributed by atoms with Gasteiger partial charge in [-0.1, -0.05) is 88.6 Å². The second kappa shape index (κ2) is 15.6. The number of esters is 1. The predicted octanol–water partition coefficient (Wildman–Crippen LogP) is 2.77. The van der Waals surface area contributed by atoms with Gasteiger partial charge in [0, 0.05) is 6.42 Å². The van der Waals surface area contributed by atoms with Gasteiger partial charge in [-0.3, -0.25) is 4.79 Å². The van der Waals surface area contributed by atoms with Crippen molar-refractivity contribution in [3.63, 3.8) is 0 Å². The van der Waals surface area contributed by atoms with Crippen molar-refractivity contribution in [2.24, 2.45) is 0 Å². The average Bonchev–Trinajstić information content (AvgIpc) is 2.52. The van der Waals surface area contributed by atoms with Crippen molar-refractivity contribution in [3.05, 3.63) is 35.9 Å². The maximum absolute atomic E-state index is 11.6. The zero-order valence-corrected chi connectivity index (χ0v) is 16.5. The van der Waals surface area contributed by atoms with Gasteiger partial charge in [-0.25, -0.2) is 0 Å². The first-order valence-electron chi connectivity index (χ1n) is 8.52.